The Hall–Kier alpha value is -2.77. The molecule has 1 aliphatic heterocycles. The van der Waals surface area contributed by atoms with Crippen molar-refractivity contribution in [1.82, 2.24) is 16.2 Å². The molecule has 0 saturated carbocycles. The predicted molar refractivity (Wildman–Crippen MR) is 107 cm³/mol. The van der Waals surface area contributed by atoms with Crippen LogP contribution in [0.4, 0.5) is 0 Å². The molecule has 0 aromatic heterocycles. The Balaban J connectivity index is 1.51. The summed E-state index contributed by atoms with van der Waals surface area (Å²) in [6.45, 7) is 2.45. The van der Waals surface area contributed by atoms with Crippen LogP contribution in [0.2, 0.25) is 0 Å². The summed E-state index contributed by atoms with van der Waals surface area (Å²) < 4.78 is 10.5. The molecule has 1 aliphatic rings. The van der Waals surface area contributed by atoms with E-state index < -0.39 is 0 Å². The maximum absolute atomic E-state index is 12.5. The Morgan fingerprint density at radius 2 is 1.93 bits per heavy atom. The van der Waals surface area contributed by atoms with Crippen LogP contribution in [0.3, 0.4) is 0 Å². The van der Waals surface area contributed by atoms with Crippen molar-refractivity contribution in [2.24, 2.45) is 0 Å². The number of hydrazine groups is 1. The fourth-order valence-corrected chi connectivity index (χ4v) is 3.37. The molecule has 1 heterocycles. The molecule has 3 rings (SSSR count). The number of rotatable bonds is 7. The first-order valence-corrected chi connectivity index (χ1v) is 9.31. The first-order chi connectivity index (χ1) is 13.5. The van der Waals surface area contributed by atoms with Crippen LogP contribution in [-0.4, -0.2) is 37.8 Å². The minimum Gasteiger partial charge on any atom is -0.508 e. The second-order valence-corrected chi connectivity index (χ2v) is 6.92. The fraction of sp³-hybridized carbons (Fsp3) is 0.381. The van der Waals surface area contributed by atoms with Crippen molar-refractivity contribution in [3.8, 4) is 17.2 Å². The number of benzene rings is 2. The van der Waals surface area contributed by atoms with Crippen LogP contribution < -0.4 is 25.6 Å². The van der Waals surface area contributed by atoms with Crippen LogP contribution in [0.1, 0.15) is 29.2 Å². The number of nitrogens with one attached hydrogen (secondary N) is 3. The smallest absolute Gasteiger partial charge is 0.238 e. The van der Waals surface area contributed by atoms with Crippen molar-refractivity contribution in [2.45, 2.75) is 31.8 Å². The topological polar surface area (TPSA) is 91.9 Å². The Labute approximate surface area is 165 Å². The van der Waals surface area contributed by atoms with E-state index in [2.05, 4.69) is 16.2 Å². The van der Waals surface area contributed by atoms with E-state index in [1.807, 2.05) is 37.3 Å². The quantitative estimate of drug-likeness (QED) is 0.583. The fourth-order valence-electron chi connectivity index (χ4n) is 3.37. The van der Waals surface area contributed by atoms with E-state index in [0.29, 0.717) is 30.9 Å². The monoisotopic (exact) mass is 385 g/mol. The van der Waals surface area contributed by atoms with Crippen molar-refractivity contribution in [3.63, 3.8) is 0 Å². The highest BCUT2D eigenvalue weighted by molar-refractivity contribution is 5.82. The molecular weight excluding hydrogens is 358 g/mol. The van der Waals surface area contributed by atoms with Crippen LogP contribution in [-0.2, 0) is 11.2 Å². The van der Waals surface area contributed by atoms with Gasteiger partial charge in [-0.3, -0.25) is 4.79 Å². The number of carbonyl (C=O) groups excluding carboxylic acids is 1. The molecule has 1 saturated heterocycles. The zero-order valence-corrected chi connectivity index (χ0v) is 16.4. The normalized spacial score (nSPS) is 18.7. The van der Waals surface area contributed by atoms with E-state index in [4.69, 9.17) is 9.47 Å². The number of hydrogen-bond donors (Lipinski definition) is 4. The highest BCUT2D eigenvalue weighted by atomic mass is 16.5. The third kappa shape index (κ3) is 4.55. The van der Waals surface area contributed by atoms with Gasteiger partial charge in [-0.25, -0.2) is 10.9 Å². The van der Waals surface area contributed by atoms with E-state index in [1.54, 1.807) is 20.3 Å². The summed E-state index contributed by atoms with van der Waals surface area (Å²) in [5, 5.41) is 13.1. The van der Waals surface area contributed by atoms with E-state index in [9.17, 15) is 9.90 Å². The van der Waals surface area contributed by atoms with Gasteiger partial charge in [0, 0.05) is 12.1 Å². The Bertz CT molecular complexity index is 840. The van der Waals surface area contributed by atoms with Crippen molar-refractivity contribution in [3.05, 3.63) is 53.1 Å². The zero-order valence-electron chi connectivity index (χ0n) is 16.4. The molecule has 1 amide bonds. The lowest BCUT2D eigenvalue weighted by Crippen LogP contribution is -2.43. The second kappa shape index (κ2) is 8.95. The van der Waals surface area contributed by atoms with Gasteiger partial charge in [0.05, 0.1) is 20.3 Å². The minimum absolute atomic E-state index is 0.0675. The van der Waals surface area contributed by atoms with E-state index in [1.165, 1.54) is 0 Å². The van der Waals surface area contributed by atoms with E-state index in [-0.39, 0.29) is 23.7 Å². The zero-order chi connectivity index (χ0) is 20.1. The first kappa shape index (κ1) is 20.0. The molecule has 28 heavy (non-hydrogen) atoms. The summed E-state index contributed by atoms with van der Waals surface area (Å²) in [5.74, 6) is 1.53. The largest absolute Gasteiger partial charge is 0.508 e. The summed E-state index contributed by atoms with van der Waals surface area (Å²) in [7, 11) is 3.20. The lowest BCUT2D eigenvalue weighted by Gasteiger charge is -2.13. The van der Waals surface area contributed by atoms with Crippen LogP contribution >= 0.6 is 0 Å². The number of methoxy groups -OCH3 is 2. The van der Waals surface area contributed by atoms with Crippen LogP contribution in [0.15, 0.2) is 36.4 Å². The number of hydrogen-bond acceptors (Lipinski definition) is 6. The van der Waals surface area contributed by atoms with Gasteiger partial charge in [0.25, 0.3) is 0 Å². The summed E-state index contributed by atoms with van der Waals surface area (Å²) in [6.07, 6.45) is 1.26. The molecule has 1 fully saturated rings. The first-order valence-electron chi connectivity index (χ1n) is 9.31. The van der Waals surface area contributed by atoms with E-state index >= 15 is 0 Å². The van der Waals surface area contributed by atoms with Gasteiger partial charge in [-0.15, -0.1) is 0 Å². The molecule has 2 atom stereocenters. The number of carbonyl (C=O) groups is 1. The molecule has 7 heteroatoms. The second-order valence-electron chi connectivity index (χ2n) is 6.92. The third-order valence-corrected chi connectivity index (χ3v) is 4.94. The summed E-state index contributed by atoms with van der Waals surface area (Å²) in [6, 6.07) is 10.8. The molecule has 7 nitrogen and oxygen atoms in total. The molecule has 0 bridgehead atoms. The molecular formula is C21H27N3O4. The summed E-state index contributed by atoms with van der Waals surface area (Å²) >= 11 is 0. The van der Waals surface area contributed by atoms with Crippen LogP contribution in [0.25, 0.3) is 0 Å². The van der Waals surface area contributed by atoms with Crippen molar-refractivity contribution < 1.29 is 19.4 Å². The highest BCUT2D eigenvalue weighted by Crippen LogP contribution is 2.30. The van der Waals surface area contributed by atoms with Crippen molar-refractivity contribution in [2.75, 3.05) is 20.8 Å². The number of phenolic OH excluding ortho intramolecular Hbond substituents is 1. The van der Waals surface area contributed by atoms with Crippen LogP contribution in [0, 0.1) is 6.92 Å². The van der Waals surface area contributed by atoms with Gasteiger partial charge in [0.2, 0.25) is 5.91 Å². The van der Waals surface area contributed by atoms with Crippen molar-refractivity contribution >= 4 is 5.91 Å². The number of aryl methyl sites for hydroxylation is 1. The molecule has 0 spiro atoms. The average molecular weight is 385 g/mol. The van der Waals surface area contributed by atoms with Gasteiger partial charge in [0.15, 0.2) is 11.5 Å². The molecule has 2 unspecified atom stereocenters. The Morgan fingerprint density at radius 3 is 2.64 bits per heavy atom. The van der Waals surface area contributed by atoms with Crippen molar-refractivity contribution in [1.29, 1.82) is 0 Å². The summed E-state index contributed by atoms with van der Waals surface area (Å²) in [5.41, 5.74) is 8.96. The lowest BCUT2D eigenvalue weighted by atomic mass is 9.99. The Morgan fingerprint density at radius 1 is 1.14 bits per heavy atom. The molecule has 0 radical (unpaired) electrons. The van der Waals surface area contributed by atoms with Gasteiger partial charge in [-0.1, -0.05) is 18.2 Å². The maximum Gasteiger partial charge on any atom is 0.238 e. The molecule has 4 N–H and O–H groups in total. The molecule has 2 aromatic carbocycles. The molecule has 2 aromatic rings. The SMILES string of the molecule is COc1ccc(CCNC(=O)C2CC(c3ccc(C)cc3O)NN2)cc1OC. The number of amides is 1. The highest BCUT2D eigenvalue weighted by Gasteiger charge is 2.31. The minimum atomic E-state index is -0.351. The number of aromatic hydroxyl groups is 1. The van der Waals surface area contributed by atoms with Crippen LogP contribution in [0.5, 0.6) is 17.2 Å². The van der Waals surface area contributed by atoms with E-state index in [0.717, 1.165) is 16.7 Å². The standard InChI is InChI=1S/C21H27N3O4/c1-13-4-6-15(18(25)10-13)16-12-17(24-23-16)21(26)22-9-8-14-5-7-19(27-2)20(11-14)28-3/h4-7,10-11,16-17,23-25H,8-9,12H2,1-3H3,(H,22,26). The van der Waals surface area contributed by atoms with Gasteiger partial charge in [-0.2, -0.15) is 0 Å². The lowest BCUT2D eigenvalue weighted by molar-refractivity contribution is -0.122. The number of ether oxygens (including phenoxy) is 2. The molecule has 150 valence electrons. The number of phenols is 1. The van der Waals surface area contributed by atoms with Gasteiger partial charge >= 0.3 is 0 Å². The van der Waals surface area contributed by atoms with Gasteiger partial charge < -0.3 is 19.9 Å². The van der Waals surface area contributed by atoms with Gasteiger partial charge in [0.1, 0.15) is 11.8 Å². The predicted octanol–water partition coefficient (Wildman–Crippen LogP) is 1.98. The third-order valence-electron chi connectivity index (χ3n) is 4.94. The molecule has 0 aliphatic carbocycles. The summed E-state index contributed by atoms with van der Waals surface area (Å²) in [4.78, 5) is 12.5. The van der Waals surface area contributed by atoms with Gasteiger partial charge in [-0.05, 0) is 49.1 Å². The maximum atomic E-state index is 12.5. The Kier molecular flexibility index (Phi) is 6.38. The average Bonchev–Trinajstić information content (AvgIpc) is 3.17.